The minimum Gasteiger partial charge on any atom is -0.480 e. The maximum absolute atomic E-state index is 13.0. The molecule has 0 saturated carbocycles. The van der Waals surface area contributed by atoms with E-state index in [0.717, 1.165) is 0 Å². The second-order valence-corrected chi connectivity index (χ2v) is 6.54. The molecule has 0 radical (unpaired) electrons. The Hall–Kier alpha value is -1.47. The first kappa shape index (κ1) is 17.9. The topological polar surface area (TPSA) is 66.4 Å². The van der Waals surface area contributed by atoms with E-state index in [2.05, 4.69) is 5.32 Å². The van der Waals surface area contributed by atoms with Crippen molar-refractivity contribution in [3.63, 3.8) is 0 Å². The van der Waals surface area contributed by atoms with Gasteiger partial charge in [-0.15, -0.1) is 23.2 Å². The monoisotopic (exact) mass is 369 g/mol. The third kappa shape index (κ3) is 3.40. The van der Waals surface area contributed by atoms with E-state index < -0.39 is 40.6 Å². The van der Waals surface area contributed by atoms with E-state index in [0.29, 0.717) is 0 Å². The summed E-state index contributed by atoms with van der Waals surface area (Å²) in [5.41, 5.74) is -2.55. The largest absolute Gasteiger partial charge is 0.480 e. The number of alkyl halides is 5. The minimum absolute atomic E-state index is 0.101. The number of aliphatic carboxylic acids is 1. The van der Waals surface area contributed by atoms with Gasteiger partial charge >= 0.3 is 12.1 Å². The number of fused-ring (bicyclic) bond motifs is 1. The van der Waals surface area contributed by atoms with Gasteiger partial charge in [-0.1, -0.05) is 12.1 Å². The van der Waals surface area contributed by atoms with Crippen molar-refractivity contribution in [1.29, 1.82) is 0 Å². The van der Waals surface area contributed by atoms with Crippen molar-refractivity contribution < 1.29 is 27.9 Å². The number of halogens is 5. The minimum atomic E-state index is -4.85. The number of carbonyl (C=O) groups is 2. The summed E-state index contributed by atoms with van der Waals surface area (Å²) in [5, 5.41) is 12.2. The zero-order valence-corrected chi connectivity index (χ0v) is 13.0. The van der Waals surface area contributed by atoms with Crippen molar-refractivity contribution in [3.05, 3.63) is 29.8 Å². The van der Waals surface area contributed by atoms with Crippen LogP contribution in [0.2, 0.25) is 0 Å². The summed E-state index contributed by atoms with van der Waals surface area (Å²) in [4.78, 5) is 23.2. The van der Waals surface area contributed by atoms with Gasteiger partial charge < -0.3 is 10.4 Å². The molecule has 1 aliphatic heterocycles. The Kier molecular flexibility index (Phi) is 4.82. The lowest BCUT2D eigenvalue weighted by molar-refractivity contribution is -0.174. The Balaban J connectivity index is 2.62. The smallest absolute Gasteiger partial charge is 0.390 e. The fourth-order valence-corrected chi connectivity index (χ4v) is 3.15. The third-order valence-corrected chi connectivity index (χ3v) is 4.13. The molecule has 0 spiro atoms. The molecule has 4 nitrogen and oxygen atoms in total. The number of nitrogens with one attached hydrogen (secondary N) is 1. The summed E-state index contributed by atoms with van der Waals surface area (Å²) < 4.78 is 39.0. The van der Waals surface area contributed by atoms with E-state index in [1.165, 1.54) is 18.2 Å². The zero-order valence-electron chi connectivity index (χ0n) is 11.5. The van der Waals surface area contributed by atoms with Crippen molar-refractivity contribution in [2.24, 2.45) is 5.41 Å². The average molecular weight is 370 g/mol. The number of benzene rings is 1. The van der Waals surface area contributed by atoms with Crippen LogP contribution in [0.4, 0.5) is 18.9 Å². The number of carboxylic acid groups (broad SMARTS) is 1. The molecular weight excluding hydrogens is 358 g/mol. The van der Waals surface area contributed by atoms with E-state index in [-0.39, 0.29) is 17.7 Å². The van der Waals surface area contributed by atoms with Gasteiger partial charge in [-0.25, -0.2) is 0 Å². The van der Waals surface area contributed by atoms with E-state index >= 15 is 0 Å². The van der Waals surface area contributed by atoms with Gasteiger partial charge in [0.25, 0.3) is 0 Å². The molecule has 2 unspecified atom stereocenters. The van der Waals surface area contributed by atoms with Crippen LogP contribution in [0.25, 0.3) is 0 Å². The molecule has 2 rings (SSSR count). The molecule has 0 saturated heterocycles. The Morgan fingerprint density at radius 3 is 2.48 bits per heavy atom. The fourth-order valence-electron chi connectivity index (χ4n) is 2.80. The number of carbonyl (C=O) groups excluding carboxylic acids is 1. The lowest BCUT2D eigenvalue weighted by atomic mass is 9.68. The molecule has 0 aromatic heterocycles. The van der Waals surface area contributed by atoms with E-state index in [1.807, 2.05) is 0 Å². The van der Waals surface area contributed by atoms with Crippen molar-refractivity contribution >= 4 is 40.6 Å². The molecule has 1 aromatic carbocycles. The number of anilines is 1. The summed E-state index contributed by atoms with van der Waals surface area (Å²) in [7, 11) is 0. The SMILES string of the molecule is O=C(O)C1(CC(F)(F)F)C(=O)c2ccccc2NC1CC(Cl)Cl. The van der Waals surface area contributed by atoms with Gasteiger partial charge in [0.15, 0.2) is 11.2 Å². The van der Waals surface area contributed by atoms with Crippen LogP contribution in [-0.2, 0) is 4.79 Å². The number of Topliss-reactive ketones (excluding diaryl/α,β-unsaturated/α-hetero) is 1. The van der Waals surface area contributed by atoms with Gasteiger partial charge in [0.2, 0.25) is 0 Å². The summed E-state index contributed by atoms with van der Waals surface area (Å²) in [6.45, 7) is 0. The Morgan fingerprint density at radius 1 is 1.35 bits per heavy atom. The number of rotatable bonds is 4. The zero-order chi connectivity index (χ0) is 17.4. The highest BCUT2D eigenvalue weighted by Gasteiger charge is 2.60. The molecule has 1 aliphatic rings. The number of ketones is 1. The first-order valence-electron chi connectivity index (χ1n) is 6.56. The third-order valence-electron chi connectivity index (χ3n) is 3.78. The number of hydrogen-bond acceptors (Lipinski definition) is 3. The molecule has 0 amide bonds. The summed E-state index contributed by atoms with van der Waals surface area (Å²) in [6, 6.07) is 4.41. The van der Waals surface area contributed by atoms with Gasteiger partial charge in [0.1, 0.15) is 4.84 Å². The van der Waals surface area contributed by atoms with Gasteiger partial charge in [0.05, 0.1) is 12.5 Å². The number of hydrogen-bond donors (Lipinski definition) is 2. The highest BCUT2D eigenvalue weighted by Crippen LogP contribution is 2.46. The highest BCUT2D eigenvalue weighted by atomic mass is 35.5. The number of para-hydroxylation sites is 1. The second-order valence-electron chi connectivity index (χ2n) is 5.27. The standard InChI is InChI=1S/C14H12Cl2F3NO3/c15-10(16)5-9-13(12(22)23,6-14(17,18)19)11(21)7-3-1-2-4-8(7)20-9/h1-4,9-10,20H,5-6H2,(H,22,23). The normalized spacial score (nSPS) is 24.3. The van der Waals surface area contributed by atoms with Crippen LogP contribution in [0.3, 0.4) is 0 Å². The summed E-state index contributed by atoms with van der Waals surface area (Å²) in [5.74, 6) is -2.96. The van der Waals surface area contributed by atoms with Gasteiger partial charge in [0, 0.05) is 11.3 Å². The first-order valence-corrected chi connectivity index (χ1v) is 7.44. The molecule has 9 heteroatoms. The van der Waals surface area contributed by atoms with Crippen molar-refractivity contribution in [2.45, 2.75) is 29.9 Å². The summed E-state index contributed by atoms with van der Waals surface area (Å²) >= 11 is 11.3. The van der Waals surface area contributed by atoms with Crippen molar-refractivity contribution in [3.8, 4) is 0 Å². The molecule has 0 fully saturated rings. The Labute approximate surface area is 139 Å². The van der Waals surface area contributed by atoms with Crippen LogP contribution in [0.15, 0.2) is 24.3 Å². The van der Waals surface area contributed by atoms with Crippen molar-refractivity contribution in [2.75, 3.05) is 5.32 Å². The van der Waals surface area contributed by atoms with E-state index in [4.69, 9.17) is 23.2 Å². The lowest BCUT2D eigenvalue weighted by Gasteiger charge is -2.41. The second kappa shape index (κ2) is 6.20. The molecule has 2 atom stereocenters. The summed E-state index contributed by atoms with van der Waals surface area (Å²) in [6.07, 6.45) is -6.99. The Bertz CT molecular complexity index is 636. The molecule has 1 aromatic rings. The molecule has 2 N–H and O–H groups in total. The first-order chi connectivity index (χ1) is 10.6. The average Bonchev–Trinajstić information content (AvgIpc) is 2.41. The van der Waals surface area contributed by atoms with Crippen LogP contribution in [-0.4, -0.2) is 33.9 Å². The van der Waals surface area contributed by atoms with Gasteiger partial charge in [-0.05, 0) is 18.6 Å². The van der Waals surface area contributed by atoms with Gasteiger partial charge in [-0.2, -0.15) is 13.2 Å². The fraction of sp³-hybridized carbons (Fsp3) is 0.429. The molecular formula is C14H12Cl2F3NO3. The van der Waals surface area contributed by atoms with Gasteiger partial charge in [-0.3, -0.25) is 9.59 Å². The van der Waals surface area contributed by atoms with E-state index in [1.54, 1.807) is 6.07 Å². The van der Waals surface area contributed by atoms with E-state index in [9.17, 15) is 27.9 Å². The maximum Gasteiger partial charge on any atom is 0.390 e. The lowest BCUT2D eigenvalue weighted by Crippen LogP contribution is -2.57. The molecule has 23 heavy (non-hydrogen) atoms. The predicted octanol–water partition coefficient (Wildman–Crippen LogP) is 3.88. The molecule has 1 heterocycles. The Morgan fingerprint density at radius 2 is 1.96 bits per heavy atom. The quantitative estimate of drug-likeness (QED) is 0.624. The molecule has 0 bridgehead atoms. The predicted molar refractivity (Wildman–Crippen MR) is 79.0 cm³/mol. The van der Waals surface area contributed by atoms with Crippen LogP contribution in [0.1, 0.15) is 23.2 Å². The molecule has 0 aliphatic carbocycles. The van der Waals surface area contributed by atoms with Crippen LogP contribution < -0.4 is 5.32 Å². The molecule has 126 valence electrons. The highest BCUT2D eigenvalue weighted by molar-refractivity contribution is 6.44. The van der Waals surface area contributed by atoms with Crippen LogP contribution in [0, 0.1) is 5.41 Å². The van der Waals surface area contributed by atoms with Crippen molar-refractivity contribution in [1.82, 2.24) is 0 Å². The van der Waals surface area contributed by atoms with Crippen LogP contribution in [0.5, 0.6) is 0 Å². The number of carboxylic acids is 1. The van der Waals surface area contributed by atoms with Crippen LogP contribution >= 0.6 is 23.2 Å². The maximum atomic E-state index is 13.0.